The van der Waals surface area contributed by atoms with Crippen LogP contribution in [0.3, 0.4) is 0 Å². The second-order valence-corrected chi connectivity index (χ2v) is 4.97. The van der Waals surface area contributed by atoms with Crippen LogP contribution >= 0.6 is 11.8 Å². The molecule has 110 valence electrons. The lowest BCUT2D eigenvalue weighted by atomic mass is 10.3. The maximum absolute atomic E-state index is 13.0. The SMILES string of the molecule is Cc1nnc(SCC(=O)Nc2ccc(F)c(F)c2)[nH]c1=O. The fourth-order valence-electron chi connectivity index (χ4n) is 1.35. The summed E-state index contributed by atoms with van der Waals surface area (Å²) in [6, 6.07) is 3.04. The van der Waals surface area contributed by atoms with Gasteiger partial charge in [0.1, 0.15) is 5.69 Å². The van der Waals surface area contributed by atoms with Crippen LogP contribution in [0, 0.1) is 18.6 Å². The summed E-state index contributed by atoms with van der Waals surface area (Å²) in [6.45, 7) is 1.51. The molecule has 0 saturated heterocycles. The average Bonchev–Trinajstić information content (AvgIpc) is 2.44. The Hall–Kier alpha value is -2.29. The number of aryl methyl sites for hydroxylation is 1. The molecule has 0 unspecified atom stereocenters. The molecule has 2 aromatic rings. The molecule has 0 radical (unpaired) electrons. The highest BCUT2D eigenvalue weighted by Gasteiger charge is 2.08. The molecule has 0 fully saturated rings. The first-order valence-electron chi connectivity index (χ1n) is 5.77. The third-order valence-electron chi connectivity index (χ3n) is 2.38. The summed E-state index contributed by atoms with van der Waals surface area (Å²) in [6.07, 6.45) is 0. The minimum absolute atomic E-state index is 0.0628. The predicted octanol–water partition coefficient (Wildman–Crippen LogP) is 1.48. The third-order valence-corrected chi connectivity index (χ3v) is 3.25. The van der Waals surface area contributed by atoms with Gasteiger partial charge >= 0.3 is 0 Å². The van der Waals surface area contributed by atoms with Gasteiger partial charge in [-0.2, -0.15) is 0 Å². The molecule has 0 spiro atoms. The monoisotopic (exact) mass is 312 g/mol. The molecule has 1 aromatic heterocycles. The number of carbonyl (C=O) groups excluding carboxylic acids is 1. The van der Waals surface area contributed by atoms with Gasteiger partial charge in [-0.15, -0.1) is 10.2 Å². The number of anilines is 1. The Morgan fingerprint density at radius 3 is 2.76 bits per heavy atom. The van der Waals surface area contributed by atoms with E-state index in [1.54, 1.807) is 0 Å². The van der Waals surface area contributed by atoms with Crippen LogP contribution in [0.1, 0.15) is 5.69 Å². The number of nitrogens with zero attached hydrogens (tertiary/aromatic N) is 2. The van der Waals surface area contributed by atoms with Crippen LogP contribution in [-0.2, 0) is 4.79 Å². The highest BCUT2D eigenvalue weighted by molar-refractivity contribution is 7.99. The van der Waals surface area contributed by atoms with Gasteiger partial charge in [0.2, 0.25) is 5.91 Å². The van der Waals surface area contributed by atoms with E-state index < -0.39 is 17.5 Å². The number of hydrogen-bond donors (Lipinski definition) is 2. The maximum Gasteiger partial charge on any atom is 0.273 e. The number of rotatable bonds is 4. The van der Waals surface area contributed by atoms with Crippen LogP contribution < -0.4 is 10.9 Å². The van der Waals surface area contributed by atoms with Gasteiger partial charge in [-0.25, -0.2) is 8.78 Å². The predicted molar refractivity (Wildman–Crippen MR) is 73.1 cm³/mol. The standard InChI is InChI=1S/C12H10F2N4O2S/c1-6-11(20)16-12(18-17-6)21-5-10(19)15-7-2-3-8(13)9(14)4-7/h2-4H,5H2,1H3,(H,15,19)(H,16,18,20). The number of carbonyl (C=O) groups is 1. The zero-order valence-corrected chi connectivity index (χ0v) is 11.6. The smallest absolute Gasteiger partial charge is 0.273 e. The van der Waals surface area contributed by atoms with Crippen molar-refractivity contribution in [3.05, 3.63) is 45.9 Å². The highest BCUT2D eigenvalue weighted by atomic mass is 32.2. The Kier molecular flexibility index (Phi) is 4.63. The summed E-state index contributed by atoms with van der Waals surface area (Å²) >= 11 is 0.969. The van der Waals surface area contributed by atoms with Gasteiger partial charge in [-0.3, -0.25) is 14.6 Å². The summed E-state index contributed by atoms with van der Waals surface area (Å²) in [5.41, 5.74) is -0.0120. The first kappa shape index (κ1) is 15.1. The van der Waals surface area contributed by atoms with Gasteiger partial charge in [-0.1, -0.05) is 11.8 Å². The topological polar surface area (TPSA) is 87.7 Å². The van der Waals surface area contributed by atoms with E-state index in [1.807, 2.05) is 0 Å². The number of hydrogen-bond acceptors (Lipinski definition) is 5. The lowest BCUT2D eigenvalue weighted by Crippen LogP contribution is -2.17. The molecule has 0 bridgehead atoms. The Morgan fingerprint density at radius 2 is 2.10 bits per heavy atom. The van der Waals surface area contributed by atoms with Crippen molar-refractivity contribution in [3.8, 4) is 0 Å². The second kappa shape index (κ2) is 6.44. The van der Waals surface area contributed by atoms with Gasteiger partial charge in [0.15, 0.2) is 16.8 Å². The number of nitrogens with one attached hydrogen (secondary N) is 2. The van der Waals surface area contributed by atoms with Crippen molar-refractivity contribution in [1.82, 2.24) is 15.2 Å². The zero-order valence-electron chi connectivity index (χ0n) is 10.8. The third kappa shape index (κ3) is 4.09. The minimum Gasteiger partial charge on any atom is -0.325 e. The summed E-state index contributed by atoms with van der Waals surface area (Å²) in [5, 5.41) is 9.94. The zero-order chi connectivity index (χ0) is 15.4. The molecule has 2 N–H and O–H groups in total. The molecule has 21 heavy (non-hydrogen) atoms. The molecule has 0 aliphatic heterocycles. The summed E-state index contributed by atoms with van der Waals surface area (Å²) in [4.78, 5) is 25.4. The van der Waals surface area contributed by atoms with Crippen molar-refractivity contribution < 1.29 is 13.6 Å². The van der Waals surface area contributed by atoms with E-state index in [0.717, 1.165) is 23.9 Å². The van der Waals surface area contributed by atoms with Crippen LogP contribution in [0.4, 0.5) is 14.5 Å². The van der Waals surface area contributed by atoms with Crippen molar-refractivity contribution in [2.45, 2.75) is 12.1 Å². The normalized spacial score (nSPS) is 10.4. The fourth-order valence-corrected chi connectivity index (χ4v) is 1.95. The fraction of sp³-hybridized carbons (Fsp3) is 0.167. The van der Waals surface area contributed by atoms with Gasteiger partial charge in [0.25, 0.3) is 5.56 Å². The number of amides is 1. The van der Waals surface area contributed by atoms with E-state index in [1.165, 1.54) is 13.0 Å². The molecule has 2 rings (SSSR count). The maximum atomic E-state index is 13.0. The molecule has 0 aliphatic carbocycles. The van der Waals surface area contributed by atoms with E-state index in [2.05, 4.69) is 20.5 Å². The minimum atomic E-state index is -1.05. The van der Waals surface area contributed by atoms with Gasteiger partial charge in [0, 0.05) is 11.8 Å². The average molecular weight is 312 g/mol. The van der Waals surface area contributed by atoms with E-state index in [0.29, 0.717) is 0 Å². The quantitative estimate of drug-likeness (QED) is 0.835. The summed E-state index contributed by atoms with van der Waals surface area (Å²) in [7, 11) is 0. The van der Waals surface area contributed by atoms with Gasteiger partial charge < -0.3 is 5.32 Å². The number of H-pyrrole nitrogens is 1. The Balaban J connectivity index is 1.94. The van der Waals surface area contributed by atoms with Crippen molar-refractivity contribution in [2.75, 3.05) is 11.1 Å². The molecule has 1 aromatic carbocycles. The highest BCUT2D eigenvalue weighted by Crippen LogP contribution is 2.15. The van der Waals surface area contributed by atoms with Crippen LogP contribution in [-0.4, -0.2) is 26.8 Å². The lowest BCUT2D eigenvalue weighted by Gasteiger charge is -2.05. The molecule has 0 saturated carbocycles. The molecular weight excluding hydrogens is 302 g/mol. The molecule has 6 nitrogen and oxygen atoms in total. The van der Waals surface area contributed by atoms with Crippen LogP contribution in [0.2, 0.25) is 0 Å². The second-order valence-electron chi connectivity index (χ2n) is 4.01. The Morgan fingerprint density at radius 1 is 1.33 bits per heavy atom. The Bertz CT molecular complexity index is 735. The van der Waals surface area contributed by atoms with Crippen LogP contribution in [0.15, 0.2) is 28.2 Å². The number of aromatic amines is 1. The summed E-state index contributed by atoms with van der Waals surface area (Å²) < 4.78 is 25.7. The largest absolute Gasteiger partial charge is 0.325 e. The molecule has 9 heteroatoms. The van der Waals surface area contributed by atoms with Crippen molar-refractivity contribution in [3.63, 3.8) is 0 Å². The van der Waals surface area contributed by atoms with Crippen LogP contribution in [0.25, 0.3) is 0 Å². The van der Waals surface area contributed by atoms with E-state index >= 15 is 0 Å². The van der Waals surface area contributed by atoms with Crippen LogP contribution in [0.5, 0.6) is 0 Å². The van der Waals surface area contributed by atoms with Crippen molar-refractivity contribution in [2.24, 2.45) is 0 Å². The molecule has 0 aliphatic rings. The molecule has 1 heterocycles. The van der Waals surface area contributed by atoms with E-state index in [4.69, 9.17) is 0 Å². The first-order chi connectivity index (χ1) is 9.95. The van der Waals surface area contributed by atoms with Crippen molar-refractivity contribution in [1.29, 1.82) is 0 Å². The molecular formula is C12H10F2N4O2S. The Labute approximate surface area is 122 Å². The van der Waals surface area contributed by atoms with Gasteiger partial charge in [0.05, 0.1) is 5.75 Å². The first-order valence-corrected chi connectivity index (χ1v) is 6.75. The lowest BCUT2D eigenvalue weighted by molar-refractivity contribution is -0.113. The molecule has 1 amide bonds. The van der Waals surface area contributed by atoms with Gasteiger partial charge in [-0.05, 0) is 19.1 Å². The summed E-state index contributed by atoms with van der Waals surface area (Å²) in [5.74, 6) is -2.55. The van der Waals surface area contributed by atoms with E-state index in [-0.39, 0.29) is 27.8 Å². The number of thioether (sulfide) groups is 1. The van der Waals surface area contributed by atoms with E-state index in [9.17, 15) is 18.4 Å². The number of halogens is 2. The number of aromatic nitrogens is 3. The van der Waals surface area contributed by atoms with Crippen molar-refractivity contribution >= 4 is 23.4 Å². The number of benzene rings is 1. The molecule has 0 atom stereocenters.